The molecule has 88 valence electrons. The number of ether oxygens (including phenoxy) is 1. The van der Waals surface area contributed by atoms with Crippen LogP contribution in [0.25, 0.3) is 0 Å². The molecule has 1 fully saturated rings. The molecule has 16 heavy (non-hydrogen) atoms. The fourth-order valence-electron chi connectivity index (χ4n) is 2.67. The van der Waals surface area contributed by atoms with Crippen molar-refractivity contribution in [2.45, 2.75) is 33.2 Å². The zero-order chi connectivity index (χ0) is 11.7. The van der Waals surface area contributed by atoms with Gasteiger partial charge in [-0.3, -0.25) is 0 Å². The second kappa shape index (κ2) is 4.46. The van der Waals surface area contributed by atoms with Crippen molar-refractivity contribution < 1.29 is 4.74 Å². The van der Waals surface area contributed by atoms with Gasteiger partial charge in [0.15, 0.2) is 0 Å². The molecule has 1 saturated heterocycles. The third kappa shape index (κ3) is 2.07. The Balaban J connectivity index is 2.38. The van der Waals surface area contributed by atoms with Crippen molar-refractivity contribution in [1.29, 1.82) is 0 Å². The van der Waals surface area contributed by atoms with E-state index in [-0.39, 0.29) is 0 Å². The summed E-state index contributed by atoms with van der Waals surface area (Å²) in [5.41, 5.74) is 3.87. The van der Waals surface area contributed by atoms with Gasteiger partial charge in [0.2, 0.25) is 0 Å². The molecule has 1 aliphatic rings. The molecule has 1 aromatic carbocycles. The minimum Gasteiger partial charge on any atom is -0.496 e. The summed E-state index contributed by atoms with van der Waals surface area (Å²) < 4.78 is 5.54. The van der Waals surface area contributed by atoms with Gasteiger partial charge in [0.1, 0.15) is 5.75 Å². The van der Waals surface area contributed by atoms with E-state index in [9.17, 15) is 0 Å². The van der Waals surface area contributed by atoms with Crippen LogP contribution in [0.3, 0.4) is 0 Å². The molecule has 0 spiro atoms. The molecule has 2 rings (SSSR count). The van der Waals surface area contributed by atoms with E-state index in [2.05, 4.69) is 38.2 Å². The number of methoxy groups -OCH3 is 1. The monoisotopic (exact) mass is 219 g/mol. The van der Waals surface area contributed by atoms with Gasteiger partial charge in [-0.1, -0.05) is 24.6 Å². The Morgan fingerprint density at radius 1 is 1.31 bits per heavy atom. The van der Waals surface area contributed by atoms with Gasteiger partial charge in [-0.15, -0.1) is 0 Å². The number of benzene rings is 1. The maximum atomic E-state index is 5.54. The first kappa shape index (κ1) is 11.5. The molecule has 1 heterocycles. The van der Waals surface area contributed by atoms with Crippen molar-refractivity contribution in [3.63, 3.8) is 0 Å². The summed E-state index contributed by atoms with van der Waals surface area (Å²) in [5.74, 6) is 1.81. The van der Waals surface area contributed by atoms with Crippen LogP contribution in [-0.2, 0) is 0 Å². The topological polar surface area (TPSA) is 21.3 Å². The van der Waals surface area contributed by atoms with E-state index in [0.717, 1.165) is 18.2 Å². The minimum absolute atomic E-state index is 0.462. The SMILES string of the molecule is COc1c(C)cc(C)cc1C1CC(C)CN1. The lowest BCUT2D eigenvalue weighted by Gasteiger charge is -2.18. The minimum atomic E-state index is 0.462. The van der Waals surface area contributed by atoms with Crippen LogP contribution in [0, 0.1) is 19.8 Å². The van der Waals surface area contributed by atoms with Crippen molar-refractivity contribution in [3.05, 3.63) is 28.8 Å². The molecule has 2 atom stereocenters. The van der Waals surface area contributed by atoms with E-state index in [1.807, 2.05) is 0 Å². The number of aryl methyl sites for hydroxylation is 2. The van der Waals surface area contributed by atoms with Gasteiger partial charge in [0.25, 0.3) is 0 Å². The summed E-state index contributed by atoms with van der Waals surface area (Å²) >= 11 is 0. The Labute approximate surface area is 98.0 Å². The van der Waals surface area contributed by atoms with Crippen LogP contribution in [0.15, 0.2) is 12.1 Å². The molecule has 0 radical (unpaired) electrons. The molecular formula is C14H21NO. The Morgan fingerprint density at radius 2 is 2.06 bits per heavy atom. The van der Waals surface area contributed by atoms with E-state index < -0.39 is 0 Å². The summed E-state index contributed by atoms with van der Waals surface area (Å²) in [6, 6.07) is 4.89. The first-order valence-corrected chi connectivity index (χ1v) is 6.00. The molecule has 0 amide bonds. The highest BCUT2D eigenvalue weighted by Gasteiger charge is 2.25. The highest BCUT2D eigenvalue weighted by atomic mass is 16.5. The predicted molar refractivity (Wildman–Crippen MR) is 67.0 cm³/mol. The zero-order valence-corrected chi connectivity index (χ0v) is 10.6. The van der Waals surface area contributed by atoms with E-state index >= 15 is 0 Å². The maximum absolute atomic E-state index is 5.54. The Bertz CT molecular complexity index is 387. The second-order valence-corrected chi connectivity index (χ2v) is 5.01. The van der Waals surface area contributed by atoms with Gasteiger partial charge in [-0.25, -0.2) is 0 Å². The molecule has 0 aliphatic carbocycles. The molecule has 0 aromatic heterocycles. The quantitative estimate of drug-likeness (QED) is 0.825. The molecular weight excluding hydrogens is 198 g/mol. The average Bonchev–Trinajstić information content (AvgIpc) is 2.63. The van der Waals surface area contributed by atoms with E-state index in [4.69, 9.17) is 4.74 Å². The van der Waals surface area contributed by atoms with Gasteiger partial charge in [-0.2, -0.15) is 0 Å². The van der Waals surface area contributed by atoms with Gasteiger partial charge >= 0.3 is 0 Å². The van der Waals surface area contributed by atoms with E-state index in [1.54, 1.807) is 7.11 Å². The van der Waals surface area contributed by atoms with Crippen LogP contribution in [-0.4, -0.2) is 13.7 Å². The molecule has 1 aromatic rings. The number of nitrogens with one attached hydrogen (secondary N) is 1. The van der Waals surface area contributed by atoms with Crippen molar-refractivity contribution in [2.75, 3.05) is 13.7 Å². The highest BCUT2D eigenvalue weighted by molar-refractivity contribution is 5.45. The summed E-state index contributed by atoms with van der Waals surface area (Å²) in [6.45, 7) is 7.67. The lowest BCUT2D eigenvalue weighted by Crippen LogP contribution is -2.14. The Hall–Kier alpha value is -1.02. The van der Waals surface area contributed by atoms with Crippen LogP contribution >= 0.6 is 0 Å². The molecule has 2 heteroatoms. The van der Waals surface area contributed by atoms with Gasteiger partial charge in [-0.05, 0) is 38.3 Å². The fraction of sp³-hybridized carbons (Fsp3) is 0.571. The van der Waals surface area contributed by atoms with Crippen molar-refractivity contribution in [2.24, 2.45) is 5.92 Å². The number of hydrogen-bond donors (Lipinski definition) is 1. The standard InChI is InChI=1S/C14H21NO/c1-9-5-11(3)14(16-4)12(6-9)13-7-10(2)8-15-13/h5-6,10,13,15H,7-8H2,1-4H3. The summed E-state index contributed by atoms with van der Waals surface area (Å²) in [4.78, 5) is 0. The van der Waals surface area contributed by atoms with Gasteiger partial charge < -0.3 is 10.1 Å². The molecule has 2 unspecified atom stereocenters. The second-order valence-electron chi connectivity index (χ2n) is 5.01. The first-order chi connectivity index (χ1) is 7.61. The van der Waals surface area contributed by atoms with Crippen molar-refractivity contribution in [3.8, 4) is 5.75 Å². The number of hydrogen-bond acceptors (Lipinski definition) is 2. The fourth-order valence-corrected chi connectivity index (χ4v) is 2.67. The number of rotatable bonds is 2. The molecule has 0 saturated carbocycles. The maximum Gasteiger partial charge on any atom is 0.126 e. The summed E-state index contributed by atoms with van der Waals surface area (Å²) in [7, 11) is 1.76. The normalized spacial score (nSPS) is 24.8. The molecule has 2 nitrogen and oxygen atoms in total. The third-order valence-corrected chi connectivity index (χ3v) is 3.38. The zero-order valence-electron chi connectivity index (χ0n) is 10.6. The predicted octanol–water partition coefficient (Wildman–Crippen LogP) is 2.98. The smallest absolute Gasteiger partial charge is 0.126 e. The van der Waals surface area contributed by atoms with Crippen molar-refractivity contribution in [1.82, 2.24) is 5.32 Å². The van der Waals surface area contributed by atoms with Crippen LogP contribution < -0.4 is 10.1 Å². The summed E-state index contributed by atoms with van der Waals surface area (Å²) in [6.07, 6.45) is 1.21. The molecule has 1 N–H and O–H groups in total. The van der Waals surface area contributed by atoms with Crippen LogP contribution in [0.5, 0.6) is 5.75 Å². The van der Waals surface area contributed by atoms with E-state index in [1.165, 1.54) is 23.1 Å². The lowest BCUT2D eigenvalue weighted by molar-refractivity contribution is 0.399. The average molecular weight is 219 g/mol. The largest absolute Gasteiger partial charge is 0.496 e. The summed E-state index contributed by atoms with van der Waals surface area (Å²) in [5, 5.41) is 3.57. The molecule has 0 bridgehead atoms. The third-order valence-electron chi connectivity index (χ3n) is 3.38. The Kier molecular flexibility index (Phi) is 3.20. The van der Waals surface area contributed by atoms with Gasteiger partial charge in [0.05, 0.1) is 7.11 Å². The lowest BCUT2D eigenvalue weighted by atomic mass is 9.96. The molecule has 1 aliphatic heterocycles. The first-order valence-electron chi connectivity index (χ1n) is 6.00. The van der Waals surface area contributed by atoms with Crippen LogP contribution in [0.1, 0.15) is 36.1 Å². The van der Waals surface area contributed by atoms with Gasteiger partial charge in [0, 0.05) is 11.6 Å². The highest BCUT2D eigenvalue weighted by Crippen LogP contribution is 2.35. The van der Waals surface area contributed by atoms with E-state index in [0.29, 0.717) is 6.04 Å². The van der Waals surface area contributed by atoms with Crippen LogP contribution in [0.2, 0.25) is 0 Å². The van der Waals surface area contributed by atoms with Crippen molar-refractivity contribution >= 4 is 0 Å². The van der Waals surface area contributed by atoms with Crippen LogP contribution in [0.4, 0.5) is 0 Å². The Morgan fingerprint density at radius 3 is 2.62 bits per heavy atom.